The maximum Gasteiger partial charge on any atom is 0.246 e. The second-order valence-electron chi connectivity index (χ2n) is 9.61. The van der Waals surface area contributed by atoms with E-state index < -0.39 is 27.3 Å². The van der Waals surface area contributed by atoms with Crippen LogP contribution in [0, 0.1) is 29.5 Å². The highest BCUT2D eigenvalue weighted by Crippen LogP contribution is 2.56. The molecule has 1 amide bonds. The van der Waals surface area contributed by atoms with E-state index in [4.69, 9.17) is 5.73 Å². The Labute approximate surface area is 166 Å². The number of carbonyl (C=O) groups is 1. The monoisotopic (exact) mass is 408 g/mol. The molecule has 4 fully saturated rings. The van der Waals surface area contributed by atoms with Gasteiger partial charge in [-0.2, -0.15) is 4.31 Å². The molecule has 0 radical (unpaired) electrons. The third kappa shape index (κ3) is 3.26. The van der Waals surface area contributed by atoms with Gasteiger partial charge in [-0.15, -0.1) is 0 Å². The maximum atomic E-state index is 14.5. The standard InChI is InChI=1S/C21H29FN2O3S/c1-21(2,12-19(23)25)24(28(26,27)18-6-4-3-5-17(18)22)20-15-8-13-7-14(10-15)11-16(20)9-13/h3-6,13-16,20H,7-12H2,1-2H3,(H2,23,25). The van der Waals surface area contributed by atoms with Crippen molar-refractivity contribution in [2.75, 3.05) is 0 Å². The quantitative estimate of drug-likeness (QED) is 0.784. The number of sulfonamides is 1. The molecule has 4 bridgehead atoms. The van der Waals surface area contributed by atoms with Gasteiger partial charge in [0.1, 0.15) is 10.7 Å². The number of hydrogen-bond donors (Lipinski definition) is 1. The summed E-state index contributed by atoms with van der Waals surface area (Å²) < 4.78 is 43.5. The van der Waals surface area contributed by atoms with Gasteiger partial charge in [-0.25, -0.2) is 12.8 Å². The van der Waals surface area contributed by atoms with E-state index in [0.29, 0.717) is 11.8 Å². The topological polar surface area (TPSA) is 80.5 Å². The number of nitrogens with zero attached hydrogens (tertiary/aromatic N) is 1. The molecule has 4 aliphatic carbocycles. The zero-order valence-corrected chi connectivity index (χ0v) is 17.3. The van der Waals surface area contributed by atoms with Gasteiger partial charge in [0.15, 0.2) is 0 Å². The van der Waals surface area contributed by atoms with E-state index >= 15 is 0 Å². The van der Waals surface area contributed by atoms with Crippen molar-refractivity contribution in [1.82, 2.24) is 4.31 Å². The van der Waals surface area contributed by atoms with Gasteiger partial charge < -0.3 is 5.73 Å². The van der Waals surface area contributed by atoms with E-state index in [9.17, 15) is 17.6 Å². The van der Waals surface area contributed by atoms with Crippen molar-refractivity contribution >= 4 is 15.9 Å². The lowest BCUT2D eigenvalue weighted by Crippen LogP contribution is -2.63. The van der Waals surface area contributed by atoms with Crippen molar-refractivity contribution < 1.29 is 17.6 Å². The third-order valence-electron chi connectivity index (χ3n) is 7.02. The number of carbonyl (C=O) groups excluding carboxylic acids is 1. The van der Waals surface area contributed by atoms with Crippen LogP contribution in [0.1, 0.15) is 52.4 Å². The van der Waals surface area contributed by atoms with Crippen molar-refractivity contribution in [1.29, 1.82) is 0 Å². The maximum absolute atomic E-state index is 14.5. The Kier molecular flexibility index (Phi) is 4.82. The molecule has 4 saturated carbocycles. The molecule has 0 aliphatic heterocycles. The zero-order valence-electron chi connectivity index (χ0n) is 16.5. The average molecular weight is 409 g/mol. The molecule has 28 heavy (non-hydrogen) atoms. The SMILES string of the molecule is CC(C)(CC(N)=O)N(C1C2CC3CC(C2)CC1C3)S(=O)(=O)c1ccccc1F. The summed E-state index contributed by atoms with van der Waals surface area (Å²) >= 11 is 0. The van der Waals surface area contributed by atoms with E-state index in [-0.39, 0.29) is 29.2 Å². The van der Waals surface area contributed by atoms with Crippen molar-refractivity contribution in [2.24, 2.45) is 29.4 Å². The highest BCUT2D eigenvalue weighted by Gasteiger charge is 2.56. The minimum Gasteiger partial charge on any atom is -0.370 e. The number of rotatable bonds is 6. The molecule has 0 atom stereocenters. The number of halogens is 1. The normalized spacial score (nSPS) is 32.1. The molecule has 0 saturated heterocycles. The molecule has 5 nitrogen and oxygen atoms in total. The van der Waals surface area contributed by atoms with Crippen LogP contribution < -0.4 is 5.73 Å². The van der Waals surface area contributed by atoms with Gasteiger partial charge in [0.05, 0.1) is 0 Å². The Morgan fingerprint density at radius 3 is 2.14 bits per heavy atom. The summed E-state index contributed by atoms with van der Waals surface area (Å²) in [5.41, 5.74) is 4.45. The Hall–Kier alpha value is -1.47. The zero-order chi connectivity index (χ0) is 20.3. The lowest BCUT2D eigenvalue weighted by Gasteiger charge is -2.59. The van der Waals surface area contributed by atoms with Crippen LogP contribution in [-0.2, 0) is 14.8 Å². The van der Waals surface area contributed by atoms with Gasteiger partial charge in [-0.1, -0.05) is 12.1 Å². The van der Waals surface area contributed by atoms with Crippen LogP contribution in [0.15, 0.2) is 29.2 Å². The summed E-state index contributed by atoms with van der Waals surface area (Å²) in [6.45, 7) is 3.47. The van der Waals surface area contributed by atoms with Crippen molar-refractivity contribution in [3.8, 4) is 0 Å². The number of benzene rings is 1. The lowest BCUT2D eigenvalue weighted by atomic mass is 9.54. The fourth-order valence-electron chi connectivity index (χ4n) is 6.43. The van der Waals surface area contributed by atoms with Gasteiger partial charge in [0.2, 0.25) is 15.9 Å². The predicted molar refractivity (Wildman–Crippen MR) is 104 cm³/mol. The molecule has 0 unspecified atom stereocenters. The van der Waals surface area contributed by atoms with Crippen LogP contribution >= 0.6 is 0 Å². The molecule has 154 valence electrons. The molecule has 4 aliphatic rings. The van der Waals surface area contributed by atoms with E-state index in [2.05, 4.69) is 0 Å². The molecule has 2 N–H and O–H groups in total. The number of primary amides is 1. The molecule has 1 aromatic carbocycles. The first-order valence-electron chi connectivity index (χ1n) is 10.2. The smallest absolute Gasteiger partial charge is 0.246 e. The molecule has 0 aromatic heterocycles. The highest BCUT2D eigenvalue weighted by atomic mass is 32.2. The Balaban J connectivity index is 1.81. The highest BCUT2D eigenvalue weighted by molar-refractivity contribution is 7.89. The summed E-state index contributed by atoms with van der Waals surface area (Å²) in [4.78, 5) is 11.4. The summed E-state index contributed by atoms with van der Waals surface area (Å²) in [7, 11) is -4.13. The fraction of sp³-hybridized carbons (Fsp3) is 0.667. The fourth-order valence-corrected chi connectivity index (χ4v) is 8.59. The molecule has 7 heteroatoms. The summed E-state index contributed by atoms with van der Waals surface area (Å²) in [5, 5.41) is 0. The van der Waals surface area contributed by atoms with Crippen LogP contribution in [0.5, 0.6) is 0 Å². The van der Waals surface area contributed by atoms with Gasteiger partial charge in [-0.3, -0.25) is 4.79 Å². The molecule has 1 aromatic rings. The molecule has 0 heterocycles. The average Bonchev–Trinajstić information content (AvgIpc) is 2.56. The van der Waals surface area contributed by atoms with E-state index in [0.717, 1.165) is 25.7 Å². The van der Waals surface area contributed by atoms with Gasteiger partial charge in [-0.05, 0) is 81.8 Å². The summed E-state index contributed by atoms with van der Waals surface area (Å²) in [6.07, 6.45) is 5.25. The van der Waals surface area contributed by atoms with Crippen LogP contribution in [0.2, 0.25) is 0 Å². The number of hydrogen-bond acceptors (Lipinski definition) is 3. The lowest BCUT2D eigenvalue weighted by molar-refractivity contribution is -0.121. The number of amides is 1. The van der Waals surface area contributed by atoms with Crippen molar-refractivity contribution in [3.63, 3.8) is 0 Å². The van der Waals surface area contributed by atoms with Gasteiger partial charge in [0.25, 0.3) is 0 Å². The first kappa shape index (κ1) is 19.8. The van der Waals surface area contributed by atoms with Crippen molar-refractivity contribution in [2.45, 2.75) is 68.8 Å². The second-order valence-corrected chi connectivity index (χ2v) is 11.4. The Bertz CT molecular complexity index is 855. The first-order valence-corrected chi connectivity index (χ1v) is 11.6. The summed E-state index contributed by atoms with van der Waals surface area (Å²) in [6, 6.07) is 5.30. The Morgan fingerprint density at radius 2 is 1.64 bits per heavy atom. The molecule has 0 spiro atoms. The third-order valence-corrected chi connectivity index (χ3v) is 9.17. The van der Waals surface area contributed by atoms with E-state index in [1.54, 1.807) is 13.8 Å². The summed E-state index contributed by atoms with van der Waals surface area (Å²) in [5.74, 6) is 0.579. The van der Waals surface area contributed by atoms with E-state index in [1.165, 1.54) is 35.0 Å². The largest absolute Gasteiger partial charge is 0.370 e. The van der Waals surface area contributed by atoms with Gasteiger partial charge in [0, 0.05) is 18.0 Å². The minimum absolute atomic E-state index is 0.0938. The van der Waals surface area contributed by atoms with Gasteiger partial charge >= 0.3 is 0 Å². The molecular formula is C21H29FN2O3S. The first-order chi connectivity index (χ1) is 13.1. The minimum atomic E-state index is -4.13. The Morgan fingerprint density at radius 1 is 1.11 bits per heavy atom. The van der Waals surface area contributed by atoms with Crippen LogP contribution in [-0.4, -0.2) is 30.2 Å². The number of nitrogens with two attached hydrogens (primary N) is 1. The molecular weight excluding hydrogens is 379 g/mol. The van der Waals surface area contributed by atoms with Crippen molar-refractivity contribution in [3.05, 3.63) is 30.1 Å². The molecule has 5 rings (SSSR count). The van der Waals surface area contributed by atoms with Crippen LogP contribution in [0.25, 0.3) is 0 Å². The van der Waals surface area contributed by atoms with E-state index in [1.807, 2.05) is 0 Å². The van der Waals surface area contributed by atoms with Crippen LogP contribution in [0.4, 0.5) is 4.39 Å². The predicted octanol–water partition coefficient (Wildman–Crippen LogP) is 3.30. The second kappa shape index (κ2) is 6.80. The van der Waals surface area contributed by atoms with Crippen LogP contribution in [0.3, 0.4) is 0 Å².